The van der Waals surface area contributed by atoms with E-state index < -0.39 is 0 Å². The molecule has 0 aromatic carbocycles. The van der Waals surface area contributed by atoms with E-state index in [0.29, 0.717) is 17.3 Å². The number of carbonyl (C=O) groups excluding carboxylic acids is 1. The van der Waals surface area contributed by atoms with Crippen molar-refractivity contribution in [1.29, 1.82) is 0 Å². The highest BCUT2D eigenvalue weighted by molar-refractivity contribution is 5.55. The summed E-state index contributed by atoms with van der Waals surface area (Å²) in [5.41, 5.74) is 0.527. The molecule has 0 heterocycles. The van der Waals surface area contributed by atoms with Crippen molar-refractivity contribution in [2.75, 3.05) is 0 Å². The molecule has 0 saturated heterocycles. The first-order chi connectivity index (χ1) is 5.57. The highest BCUT2D eigenvalue weighted by atomic mass is 16.1. The molecule has 3 rings (SSSR count). The van der Waals surface area contributed by atoms with Crippen molar-refractivity contribution in [2.24, 2.45) is 29.1 Å². The Morgan fingerprint density at radius 3 is 2.42 bits per heavy atom. The van der Waals surface area contributed by atoms with Crippen LogP contribution in [0.5, 0.6) is 0 Å². The van der Waals surface area contributed by atoms with E-state index in [-0.39, 0.29) is 0 Å². The lowest BCUT2D eigenvalue weighted by molar-refractivity contribution is -0.142. The Morgan fingerprint density at radius 1 is 1.33 bits per heavy atom. The number of fused-ring (bicyclic) bond motifs is 2. The largest absolute Gasteiger partial charge is 0.303 e. The molecule has 3 fully saturated rings. The smallest absolute Gasteiger partial charge is 0.123 e. The molecule has 0 N–H and O–H groups in total. The maximum atomic E-state index is 10.7. The van der Waals surface area contributed by atoms with Crippen molar-refractivity contribution in [3.05, 3.63) is 0 Å². The lowest BCUT2D eigenvalue weighted by Crippen LogP contribution is -2.55. The van der Waals surface area contributed by atoms with E-state index in [1.807, 2.05) is 0 Å². The van der Waals surface area contributed by atoms with Crippen LogP contribution < -0.4 is 0 Å². The molecule has 0 radical (unpaired) electrons. The van der Waals surface area contributed by atoms with Crippen LogP contribution in [0.2, 0.25) is 0 Å². The van der Waals surface area contributed by atoms with Crippen LogP contribution >= 0.6 is 0 Å². The zero-order valence-corrected chi connectivity index (χ0v) is 8.21. The molecule has 3 aliphatic carbocycles. The van der Waals surface area contributed by atoms with Gasteiger partial charge in [0.05, 0.1) is 0 Å². The fourth-order valence-electron chi connectivity index (χ4n) is 3.37. The van der Waals surface area contributed by atoms with E-state index in [0.717, 1.165) is 18.3 Å². The highest BCUT2D eigenvalue weighted by Gasteiger charge is 2.55. The molecule has 2 bridgehead atoms. The lowest BCUT2D eigenvalue weighted by atomic mass is 9.44. The molecule has 68 valence electrons. The van der Waals surface area contributed by atoms with Gasteiger partial charge in [-0.05, 0) is 36.0 Å². The van der Waals surface area contributed by atoms with Crippen LogP contribution in [-0.4, -0.2) is 6.29 Å². The molecule has 1 nitrogen and oxygen atoms in total. The molecule has 0 aromatic heterocycles. The molecule has 3 aliphatic rings. The zero-order valence-electron chi connectivity index (χ0n) is 8.21. The zero-order chi connectivity index (χ0) is 8.93. The Morgan fingerprint density at radius 2 is 2.00 bits per heavy atom. The SMILES string of the molecule is CC1C(C=O)CC2CC1C2(C)C. The van der Waals surface area contributed by atoms with Gasteiger partial charge in [0.25, 0.3) is 0 Å². The van der Waals surface area contributed by atoms with Crippen molar-refractivity contribution in [3.63, 3.8) is 0 Å². The van der Waals surface area contributed by atoms with E-state index in [1.165, 1.54) is 12.7 Å². The third kappa shape index (κ3) is 0.826. The number of hydrogen-bond acceptors (Lipinski definition) is 1. The summed E-state index contributed by atoms with van der Waals surface area (Å²) >= 11 is 0. The lowest BCUT2D eigenvalue weighted by Gasteiger charge is -2.61. The van der Waals surface area contributed by atoms with Gasteiger partial charge in [-0.25, -0.2) is 0 Å². The monoisotopic (exact) mass is 166 g/mol. The normalized spacial score (nSPS) is 49.6. The highest BCUT2D eigenvalue weighted by Crippen LogP contribution is 2.62. The van der Waals surface area contributed by atoms with Crippen molar-refractivity contribution >= 4 is 6.29 Å². The average molecular weight is 166 g/mol. The molecular formula is C11H18O. The summed E-state index contributed by atoms with van der Waals surface area (Å²) in [5, 5.41) is 0. The summed E-state index contributed by atoms with van der Waals surface area (Å²) in [5.74, 6) is 2.63. The second kappa shape index (κ2) is 2.34. The van der Waals surface area contributed by atoms with Crippen LogP contribution in [0.1, 0.15) is 33.6 Å². The second-order valence-electron chi connectivity index (χ2n) is 5.26. The van der Waals surface area contributed by atoms with E-state index in [2.05, 4.69) is 20.8 Å². The van der Waals surface area contributed by atoms with Gasteiger partial charge in [0.1, 0.15) is 6.29 Å². The fourth-order valence-corrected chi connectivity index (χ4v) is 3.37. The molecule has 4 unspecified atom stereocenters. The summed E-state index contributed by atoms with van der Waals surface area (Å²) in [4.78, 5) is 10.7. The van der Waals surface area contributed by atoms with Gasteiger partial charge in [0.2, 0.25) is 0 Å². The van der Waals surface area contributed by atoms with E-state index in [4.69, 9.17) is 0 Å². The summed E-state index contributed by atoms with van der Waals surface area (Å²) < 4.78 is 0. The van der Waals surface area contributed by atoms with Crippen LogP contribution in [-0.2, 0) is 4.79 Å². The summed E-state index contributed by atoms with van der Waals surface area (Å²) in [7, 11) is 0. The first-order valence-corrected chi connectivity index (χ1v) is 5.02. The van der Waals surface area contributed by atoms with Crippen molar-refractivity contribution in [2.45, 2.75) is 33.6 Å². The molecule has 4 atom stereocenters. The van der Waals surface area contributed by atoms with Crippen molar-refractivity contribution in [1.82, 2.24) is 0 Å². The Balaban J connectivity index is 2.16. The molecule has 0 amide bonds. The first-order valence-electron chi connectivity index (χ1n) is 5.02. The van der Waals surface area contributed by atoms with Gasteiger partial charge in [-0.2, -0.15) is 0 Å². The van der Waals surface area contributed by atoms with E-state index in [1.54, 1.807) is 0 Å². The second-order valence-corrected chi connectivity index (χ2v) is 5.26. The number of rotatable bonds is 1. The maximum absolute atomic E-state index is 10.7. The standard InChI is InChI=1S/C11H18O/c1-7-8(6-12)4-9-5-10(7)11(9,2)3/h6-10H,4-5H2,1-3H3. The molecule has 0 spiro atoms. The fraction of sp³-hybridized carbons (Fsp3) is 0.909. The average Bonchev–Trinajstić information content (AvgIpc) is 2.03. The quantitative estimate of drug-likeness (QED) is 0.547. The van der Waals surface area contributed by atoms with Gasteiger partial charge in [-0.3, -0.25) is 0 Å². The minimum Gasteiger partial charge on any atom is -0.303 e. The van der Waals surface area contributed by atoms with E-state index in [9.17, 15) is 4.79 Å². The maximum Gasteiger partial charge on any atom is 0.123 e. The molecule has 1 heteroatoms. The van der Waals surface area contributed by atoms with Crippen LogP contribution in [0, 0.1) is 29.1 Å². The van der Waals surface area contributed by atoms with Crippen LogP contribution in [0.15, 0.2) is 0 Å². The third-order valence-corrected chi connectivity index (χ3v) is 4.59. The molecule has 12 heavy (non-hydrogen) atoms. The Hall–Kier alpha value is -0.330. The molecule has 0 aromatic rings. The molecule has 0 aliphatic heterocycles. The van der Waals surface area contributed by atoms with Gasteiger partial charge < -0.3 is 4.79 Å². The minimum absolute atomic E-state index is 0.363. The van der Waals surface area contributed by atoms with Crippen LogP contribution in [0.25, 0.3) is 0 Å². The number of carbonyl (C=O) groups is 1. The molecule has 3 saturated carbocycles. The van der Waals surface area contributed by atoms with Gasteiger partial charge in [-0.1, -0.05) is 20.8 Å². The predicted molar refractivity (Wildman–Crippen MR) is 48.7 cm³/mol. The predicted octanol–water partition coefficient (Wildman–Crippen LogP) is 2.50. The summed E-state index contributed by atoms with van der Waals surface area (Å²) in [6.07, 6.45) is 3.70. The van der Waals surface area contributed by atoms with Crippen molar-refractivity contribution in [3.8, 4) is 0 Å². The molecular weight excluding hydrogens is 148 g/mol. The first kappa shape index (κ1) is 8.28. The Bertz CT molecular complexity index is 207. The Kier molecular flexibility index (Phi) is 1.61. The van der Waals surface area contributed by atoms with Gasteiger partial charge in [-0.15, -0.1) is 0 Å². The Labute approximate surface area is 74.5 Å². The van der Waals surface area contributed by atoms with Crippen LogP contribution in [0.4, 0.5) is 0 Å². The van der Waals surface area contributed by atoms with Gasteiger partial charge in [0.15, 0.2) is 0 Å². The van der Waals surface area contributed by atoms with Crippen molar-refractivity contribution < 1.29 is 4.79 Å². The summed E-state index contributed by atoms with van der Waals surface area (Å²) in [6.45, 7) is 6.98. The topological polar surface area (TPSA) is 17.1 Å². The number of hydrogen-bond donors (Lipinski definition) is 0. The summed E-state index contributed by atoms with van der Waals surface area (Å²) in [6, 6.07) is 0. The third-order valence-electron chi connectivity index (χ3n) is 4.59. The van der Waals surface area contributed by atoms with Crippen LogP contribution in [0.3, 0.4) is 0 Å². The van der Waals surface area contributed by atoms with Gasteiger partial charge >= 0.3 is 0 Å². The number of aldehydes is 1. The van der Waals surface area contributed by atoms with E-state index >= 15 is 0 Å². The minimum atomic E-state index is 0.363. The van der Waals surface area contributed by atoms with Gasteiger partial charge in [0, 0.05) is 5.92 Å².